The fourth-order valence-electron chi connectivity index (χ4n) is 1.84. The molecule has 8 heteroatoms. The number of nitrogens with zero attached hydrogens (tertiary/aromatic N) is 1. The summed E-state index contributed by atoms with van der Waals surface area (Å²) in [4.78, 5) is 16.2. The smallest absolute Gasteiger partial charge is 0.275 e. The van der Waals surface area contributed by atoms with E-state index in [2.05, 4.69) is 10.3 Å². The van der Waals surface area contributed by atoms with Crippen molar-refractivity contribution in [1.82, 2.24) is 4.98 Å². The zero-order chi connectivity index (χ0) is 17.0. The lowest BCUT2D eigenvalue weighted by Gasteiger charge is -2.09. The van der Waals surface area contributed by atoms with Gasteiger partial charge in [0.1, 0.15) is 10.7 Å². The molecule has 0 unspecified atom stereocenters. The maximum atomic E-state index is 12.1. The Hall–Kier alpha value is -1.77. The van der Waals surface area contributed by atoms with Crippen LogP contribution in [0.4, 0.5) is 5.69 Å². The maximum absolute atomic E-state index is 12.1. The second kappa shape index (κ2) is 7.20. The summed E-state index contributed by atoms with van der Waals surface area (Å²) >= 11 is 1.33. The highest BCUT2D eigenvalue weighted by molar-refractivity contribution is 7.91. The Labute approximate surface area is 139 Å². The van der Waals surface area contributed by atoms with Crippen LogP contribution >= 0.6 is 11.3 Å². The number of carbonyl (C=O) groups is 1. The Morgan fingerprint density at radius 3 is 2.74 bits per heavy atom. The zero-order valence-corrected chi connectivity index (χ0v) is 14.6. The summed E-state index contributed by atoms with van der Waals surface area (Å²) in [6.45, 7) is 3.59. The Morgan fingerprint density at radius 2 is 2.13 bits per heavy atom. The van der Waals surface area contributed by atoms with E-state index in [1.54, 1.807) is 43.5 Å². The molecular weight excluding hydrogens is 334 g/mol. The first-order chi connectivity index (χ1) is 10.8. The van der Waals surface area contributed by atoms with Crippen molar-refractivity contribution < 1.29 is 13.2 Å². The number of rotatable bonds is 6. The monoisotopic (exact) mass is 353 g/mol. The lowest BCUT2D eigenvalue weighted by atomic mass is 10.2. The summed E-state index contributed by atoms with van der Waals surface area (Å²) in [5.74, 6) is -0.396. The molecule has 1 aromatic carbocycles. The number of nitrogens with two attached hydrogens (primary N) is 1. The molecule has 124 valence electrons. The standard InChI is InChI=1S/C15H19N3O3S2/c1-10(2)23(20,21)9-11-4-3-5-12(6-11)17-15(19)13-8-22-14(7-16)18-13/h3-6,8,10H,7,9,16H2,1-2H3,(H,17,19). The van der Waals surface area contributed by atoms with E-state index in [9.17, 15) is 13.2 Å². The van der Waals surface area contributed by atoms with E-state index in [4.69, 9.17) is 5.73 Å². The predicted molar refractivity (Wildman–Crippen MR) is 92.2 cm³/mol. The summed E-state index contributed by atoms with van der Waals surface area (Å²) in [6.07, 6.45) is 0. The molecule has 0 aliphatic rings. The number of hydrogen-bond donors (Lipinski definition) is 2. The van der Waals surface area contributed by atoms with Gasteiger partial charge in [0.15, 0.2) is 9.84 Å². The molecule has 2 rings (SSSR count). The van der Waals surface area contributed by atoms with Crippen molar-refractivity contribution in [3.8, 4) is 0 Å². The van der Waals surface area contributed by atoms with E-state index >= 15 is 0 Å². The minimum Gasteiger partial charge on any atom is -0.325 e. The lowest BCUT2D eigenvalue weighted by molar-refractivity contribution is 0.102. The molecule has 2 aromatic rings. The molecule has 0 radical (unpaired) electrons. The van der Waals surface area contributed by atoms with Gasteiger partial charge in [-0.3, -0.25) is 4.79 Å². The van der Waals surface area contributed by atoms with Gasteiger partial charge in [0, 0.05) is 17.6 Å². The molecule has 1 heterocycles. The van der Waals surface area contributed by atoms with Gasteiger partial charge < -0.3 is 11.1 Å². The van der Waals surface area contributed by atoms with Gasteiger partial charge >= 0.3 is 0 Å². The van der Waals surface area contributed by atoms with Crippen molar-refractivity contribution in [2.45, 2.75) is 31.4 Å². The third-order valence-corrected chi connectivity index (χ3v) is 6.27. The number of amides is 1. The summed E-state index contributed by atoms with van der Waals surface area (Å²) in [5.41, 5.74) is 6.95. The number of thiazole rings is 1. The van der Waals surface area contributed by atoms with Crippen molar-refractivity contribution in [2.75, 3.05) is 5.32 Å². The van der Waals surface area contributed by atoms with E-state index in [-0.39, 0.29) is 11.7 Å². The van der Waals surface area contributed by atoms with Crippen LogP contribution in [0.25, 0.3) is 0 Å². The number of aromatic nitrogens is 1. The van der Waals surface area contributed by atoms with Crippen molar-refractivity contribution in [1.29, 1.82) is 0 Å². The van der Waals surface area contributed by atoms with E-state index in [0.717, 1.165) is 0 Å². The van der Waals surface area contributed by atoms with Crippen LogP contribution in [0.2, 0.25) is 0 Å². The van der Waals surface area contributed by atoms with E-state index < -0.39 is 15.1 Å². The number of anilines is 1. The summed E-state index contributed by atoms with van der Waals surface area (Å²) in [7, 11) is -3.19. The number of sulfone groups is 1. The molecule has 3 N–H and O–H groups in total. The van der Waals surface area contributed by atoms with Crippen molar-refractivity contribution in [2.24, 2.45) is 5.73 Å². The van der Waals surface area contributed by atoms with Crippen LogP contribution in [0.3, 0.4) is 0 Å². The summed E-state index contributed by atoms with van der Waals surface area (Å²) in [6, 6.07) is 6.81. The van der Waals surface area contributed by atoms with Gasteiger partial charge in [-0.15, -0.1) is 11.3 Å². The van der Waals surface area contributed by atoms with Crippen LogP contribution < -0.4 is 11.1 Å². The van der Waals surface area contributed by atoms with Crippen LogP contribution in [0.1, 0.15) is 34.9 Å². The molecular formula is C15H19N3O3S2. The first-order valence-corrected chi connectivity index (χ1v) is 9.67. The van der Waals surface area contributed by atoms with Crippen LogP contribution in [0.5, 0.6) is 0 Å². The average Bonchev–Trinajstić information content (AvgIpc) is 2.96. The second-order valence-electron chi connectivity index (χ2n) is 5.34. The highest BCUT2D eigenvalue weighted by atomic mass is 32.2. The molecule has 0 saturated heterocycles. The molecule has 0 atom stereocenters. The summed E-state index contributed by atoms with van der Waals surface area (Å²) in [5, 5.41) is 4.61. The zero-order valence-electron chi connectivity index (χ0n) is 12.9. The van der Waals surface area contributed by atoms with E-state index in [0.29, 0.717) is 28.5 Å². The fourth-order valence-corrected chi connectivity index (χ4v) is 3.47. The molecule has 0 bridgehead atoms. The van der Waals surface area contributed by atoms with Crippen LogP contribution in [-0.4, -0.2) is 24.6 Å². The third kappa shape index (κ3) is 4.60. The molecule has 0 fully saturated rings. The Bertz CT molecular complexity index is 798. The topological polar surface area (TPSA) is 102 Å². The van der Waals surface area contributed by atoms with Gasteiger partial charge in [0.25, 0.3) is 5.91 Å². The van der Waals surface area contributed by atoms with Gasteiger partial charge in [-0.25, -0.2) is 13.4 Å². The average molecular weight is 353 g/mol. The molecule has 6 nitrogen and oxygen atoms in total. The second-order valence-corrected chi connectivity index (χ2v) is 8.84. The van der Waals surface area contributed by atoms with Crippen LogP contribution in [0.15, 0.2) is 29.6 Å². The minimum absolute atomic E-state index is 0.0532. The first kappa shape index (κ1) is 17.6. The van der Waals surface area contributed by atoms with Crippen molar-refractivity contribution in [3.63, 3.8) is 0 Å². The molecule has 23 heavy (non-hydrogen) atoms. The number of nitrogens with one attached hydrogen (secondary N) is 1. The normalized spacial score (nSPS) is 11.7. The van der Waals surface area contributed by atoms with Crippen molar-refractivity contribution in [3.05, 3.63) is 45.9 Å². The predicted octanol–water partition coefficient (Wildman–Crippen LogP) is 2.18. The van der Waals surface area contributed by atoms with Gasteiger partial charge in [0.2, 0.25) is 0 Å². The largest absolute Gasteiger partial charge is 0.325 e. The molecule has 0 aliphatic heterocycles. The Kier molecular flexibility index (Phi) is 5.51. The number of benzene rings is 1. The fraction of sp³-hybridized carbons (Fsp3) is 0.333. The maximum Gasteiger partial charge on any atom is 0.275 e. The highest BCUT2D eigenvalue weighted by Gasteiger charge is 2.17. The van der Waals surface area contributed by atoms with Gasteiger partial charge in [-0.1, -0.05) is 12.1 Å². The highest BCUT2D eigenvalue weighted by Crippen LogP contribution is 2.17. The SMILES string of the molecule is CC(C)S(=O)(=O)Cc1cccc(NC(=O)c2csc(CN)n2)c1. The summed E-state index contributed by atoms with van der Waals surface area (Å²) < 4.78 is 24.0. The van der Waals surface area contributed by atoms with E-state index in [1.165, 1.54) is 11.3 Å². The Balaban J connectivity index is 2.12. The Morgan fingerprint density at radius 1 is 1.39 bits per heavy atom. The van der Waals surface area contributed by atoms with Crippen molar-refractivity contribution >= 4 is 32.8 Å². The molecule has 0 saturated carbocycles. The van der Waals surface area contributed by atoms with Gasteiger partial charge in [-0.05, 0) is 31.5 Å². The molecule has 1 amide bonds. The van der Waals surface area contributed by atoms with E-state index in [1.807, 2.05) is 0 Å². The van der Waals surface area contributed by atoms with Gasteiger partial charge in [0.05, 0.1) is 11.0 Å². The molecule has 1 aromatic heterocycles. The third-order valence-electron chi connectivity index (χ3n) is 3.23. The first-order valence-electron chi connectivity index (χ1n) is 7.08. The quantitative estimate of drug-likeness (QED) is 0.828. The lowest BCUT2D eigenvalue weighted by Crippen LogP contribution is -2.16. The molecule has 0 aliphatic carbocycles. The minimum atomic E-state index is -3.19. The number of carbonyl (C=O) groups excluding carboxylic acids is 1. The van der Waals surface area contributed by atoms with Crippen LogP contribution in [-0.2, 0) is 22.1 Å². The van der Waals surface area contributed by atoms with Crippen LogP contribution in [0, 0.1) is 0 Å². The number of hydrogen-bond acceptors (Lipinski definition) is 6. The molecule has 0 spiro atoms. The van der Waals surface area contributed by atoms with Gasteiger partial charge in [-0.2, -0.15) is 0 Å².